The molecule has 0 saturated carbocycles. The van der Waals surface area contributed by atoms with Crippen molar-refractivity contribution in [3.63, 3.8) is 0 Å². The highest BCUT2D eigenvalue weighted by Gasteiger charge is 2.21. The summed E-state index contributed by atoms with van der Waals surface area (Å²) in [4.78, 5) is 25.7. The van der Waals surface area contributed by atoms with Crippen molar-refractivity contribution >= 4 is 23.4 Å². The Morgan fingerprint density at radius 3 is 2.03 bits per heavy atom. The van der Waals surface area contributed by atoms with Crippen molar-refractivity contribution in [3.05, 3.63) is 109 Å². The van der Waals surface area contributed by atoms with Crippen LogP contribution in [0.2, 0.25) is 0 Å². The van der Waals surface area contributed by atoms with E-state index in [4.69, 9.17) is 0 Å². The van der Waals surface area contributed by atoms with Crippen LogP contribution in [0.4, 0.5) is 17.5 Å². The van der Waals surface area contributed by atoms with Crippen molar-refractivity contribution in [2.45, 2.75) is 5.92 Å². The number of carbonyl (C=O) groups is 1. The fraction of sp³-hybridized carbons (Fsp3) is 0.120. The van der Waals surface area contributed by atoms with E-state index in [1.807, 2.05) is 78.9 Å². The number of carbonyl (C=O) groups excluding carboxylic acids is 1. The second-order valence-corrected chi connectivity index (χ2v) is 7.10. The zero-order chi connectivity index (χ0) is 22.0. The first-order valence-electron chi connectivity index (χ1n) is 10.4. The van der Waals surface area contributed by atoms with E-state index in [2.05, 4.69) is 30.9 Å². The molecular formula is C25H24N6O. The standard InChI is InChI=1S/C25H24N6O/c32-25(24(19-9-3-1-4-10-19)20-11-5-2-6-12-20)28-16-15-27-22-17-23(30-18-29-22)31-21-13-7-8-14-26-21/h1-14,17-18,24H,15-16H2,(H,28,32)(H2,26,27,29,30,31). The summed E-state index contributed by atoms with van der Waals surface area (Å²) in [6.07, 6.45) is 3.19. The first-order chi connectivity index (χ1) is 15.8. The maximum Gasteiger partial charge on any atom is 0.232 e. The third-order valence-electron chi connectivity index (χ3n) is 4.85. The van der Waals surface area contributed by atoms with Crippen LogP contribution in [0, 0.1) is 0 Å². The number of pyridine rings is 1. The first kappa shape index (κ1) is 21.0. The summed E-state index contributed by atoms with van der Waals surface area (Å²) >= 11 is 0. The fourth-order valence-electron chi connectivity index (χ4n) is 3.35. The quantitative estimate of drug-likeness (QED) is 0.352. The topological polar surface area (TPSA) is 91.8 Å². The predicted octanol–water partition coefficient (Wildman–Crippen LogP) is 3.98. The smallest absolute Gasteiger partial charge is 0.232 e. The van der Waals surface area contributed by atoms with E-state index in [9.17, 15) is 4.79 Å². The van der Waals surface area contributed by atoms with Gasteiger partial charge in [0.1, 0.15) is 23.8 Å². The zero-order valence-corrected chi connectivity index (χ0v) is 17.5. The van der Waals surface area contributed by atoms with Gasteiger partial charge in [0.05, 0.1) is 5.92 Å². The Balaban J connectivity index is 1.33. The predicted molar refractivity (Wildman–Crippen MR) is 126 cm³/mol. The molecule has 2 aromatic carbocycles. The second kappa shape index (κ2) is 10.7. The van der Waals surface area contributed by atoms with Gasteiger partial charge in [-0.15, -0.1) is 0 Å². The van der Waals surface area contributed by atoms with E-state index in [0.717, 1.165) is 11.1 Å². The van der Waals surface area contributed by atoms with Gasteiger partial charge in [-0.2, -0.15) is 0 Å². The fourth-order valence-corrected chi connectivity index (χ4v) is 3.35. The van der Waals surface area contributed by atoms with Crippen LogP contribution < -0.4 is 16.0 Å². The van der Waals surface area contributed by atoms with E-state index in [1.165, 1.54) is 6.33 Å². The molecule has 32 heavy (non-hydrogen) atoms. The number of amides is 1. The molecule has 1 amide bonds. The van der Waals surface area contributed by atoms with Crippen LogP contribution >= 0.6 is 0 Å². The van der Waals surface area contributed by atoms with Gasteiger partial charge in [-0.3, -0.25) is 4.79 Å². The molecule has 0 aliphatic carbocycles. The molecule has 2 aromatic heterocycles. The molecule has 0 spiro atoms. The van der Waals surface area contributed by atoms with E-state index in [1.54, 1.807) is 12.3 Å². The Morgan fingerprint density at radius 2 is 1.38 bits per heavy atom. The molecule has 3 N–H and O–H groups in total. The Bertz CT molecular complexity index is 1080. The number of nitrogens with one attached hydrogen (secondary N) is 3. The van der Waals surface area contributed by atoms with Gasteiger partial charge in [-0.25, -0.2) is 15.0 Å². The highest BCUT2D eigenvalue weighted by molar-refractivity contribution is 5.87. The molecule has 7 heteroatoms. The largest absolute Gasteiger partial charge is 0.368 e. The third-order valence-corrected chi connectivity index (χ3v) is 4.85. The highest BCUT2D eigenvalue weighted by atomic mass is 16.1. The number of anilines is 3. The maximum atomic E-state index is 13.0. The van der Waals surface area contributed by atoms with Crippen LogP contribution in [0.3, 0.4) is 0 Å². The van der Waals surface area contributed by atoms with Gasteiger partial charge in [0.25, 0.3) is 0 Å². The Hall–Kier alpha value is -4.26. The number of rotatable bonds is 9. The Labute approximate surface area is 187 Å². The summed E-state index contributed by atoms with van der Waals surface area (Å²) in [7, 11) is 0. The molecule has 0 radical (unpaired) electrons. The van der Waals surface area contributed by atoms with Gasteiger partial charge in [0, 0.05) is 25.4 Å². The van der Waals surface area contributed by atoms with Crippen molar-refractivity contribution in [1.82, 2.24) is 20.3 Å². The minimum atomic E-state index is -0.356. The molecule has 4 aromatic rings. The molecule has 160 valence electrons. The van der Waals surface area contributed by atoms with Gasteiger partial charge in [-0.05, 0) is 23.3 Å². The van der Waals surface area contributed by atoms with Crippen molar-refractivity contribution in [2.75, 3.05) is 23.7 Å². The molecule has 0 unspecified atom stereocenters. The number of nitrogens with zero attached hydrogens (tertiary/aromatic N) is 3. The van der Waals surface area contributed by atoms with Crippen LogP contribution in [-0.4, -0.2) is 33.9 Å². The van der Waals surface area contributed by atoms with E-state index in [0.29, 0.717) is 30.5 Å². The Kier molecular flexibility index (Phi) is 7.00. The number of hydrogen-bond acceptors (Lipinski definition) is 6. The van der Waals surface area contributed by atoms with Gasteiger partial charge in [0.2, 0.25) is 5.91 Å². The number of benzene rings is 2. The summed E-state index contributed by atoms with van der Waals surface area (Å²) in [6.45, 7) is 0.990. The molecule has 0 saturated heterocycles. The molecule has 0 atom stereocenters. The third kappa shape index (κ3) is 5.66. The minimum absolute atomic E-state index is 0.0376. The second-order valence-electron chi connectivity index (χ2n) is 7.10. The van der Waals surface area contributed by atoms with Gasteiger partial charge >= 0.3 is 0 Å². The van der Waals surface area contributed by atoms with E-state index >= 15 is 0 Å². The van der Waals surface area contributed by atoms with Gasteiger partial charge in [0.15, 0.2) is 0 Å². The monoisotopic (exact) mass is 424 g/mol. The minimum Gasteiger partial charge on any atom is -0.368 e. The average molecular weight is 425 g/mol. The Morgan fingerprint density at radius 1 is 0.719 bits per heavy atom. The normalized spacial score (nSPS) is 10.5. The van der Waals surface area contributed by atoms with Crippen molar-refractivity contribution in [3.8, 4) is 0 Å². The molecule has 0 aliphatic rings. The van der Waals surface area contributed by atoms with Crippen molar-refractivity contribution < 1.29 is 4.79 Å². The van der Waals surface area contributed by atoms with Crippen LogP contribution in [0.5, 0.6) is 0 Å². The van der Waals surface area contributed by atoms with Crippen molar-refractivity contribution in [2.24, 2.45) is 0 Å². The number of hydrogen-bond donors (Lipinski definition) is 3. The molecule has 0 fully saturated rings. The SMILES string of the molecule is O=C(NCCNc1cc(Nc2ccccn2)ncn1)C(c1ccccc1)c1ccccc1. The highest BCUT2D eigenvalue weighted by Crippen LogP contribution is 2.24. The summed E-state index contributed by atoms with van der Waals surface area (Å²) < 4.78 is 0. The molecule has 7 nitrogen and oxygen atoms in total. The lowest BCUT2D eigenvalue weighted by atomic mass is 9.90. The first-order valence-corrected chi connectivity index (χ1v) is 10.4. The van der Waals surface area contributed by atoms with E-state index in [-0.39, 0.29) is 11.8 Å². The van der Waals surface area contributed by atoms with Crippen LogP contribution in [-0.2, 0) is 4.79 Å². The maximum absolute atomic E-state index is 13.0. The van der Waals surface area contributed by atoms with Crippen LogP contribution in [0.15, 0.2) is 97.5 Å². The molecular weight excluding hydrogens is 400 g/mol. The number of aromatic nitrogens is 3. The summed E-state index contributed by atoms with van der Waals surface area (Å²) in [5, 5.41) is 9.38. The molecule has 0 aliphatic heterocycles. The van der Waals surface area contributed by atoms with Gasteiger partial charge in [-0.1, -0.05) is 66.7 Å². The molecule has 0 bridgehead atoms. The lowest BCUT2D eigenvalue weighted by molar-refractivity contribution is -0.121. The average Bonchev–Trinajstić information content (AvgIpc) is 2.84. The lowest BCUT2D eigenvalue weighted by Crippen LogP contribution is -2.33. The zero-order valence-electron chi connectivity index (χ0n) is 17.5. The summed E-state index contributed by atoms with van der Waals surface area (Å²) in [6, 6.07) is 27.0. The van der Waals surface area contributed by atoms with Crippen LogP contribution in [0.1, 0.15) is 17.0 Å². The van der Waals surface area contributed by atoms with E-state index < -0.39 is 0 Å². The van der Waals surface area contributed by atoms with Crippen LogP contribution in [0.25, 0.3) is 0 Å². The lowest BCUT2D eigenvalue weighted by Gasteiger charge is -2.18. The van der Waals surface area contributed by atoms with Gasteiger partial charge < -0.3 is 16.0 Å². The summed E-state index contributed by atoms with van der Waals surface area (Å²) in [5.41, 5.74) is 1.93. The summed E-state index contributed by atoms with van der Waals surface area (Å²) in [5.74, 6) is 1.61. The van der Waals surface area contributed by atoms with Crippen molar-refractivity contribution in [1.29, 1.82) is 0 Å². The molecule has 4 rings (SSSR count). The molecule has 2 heterocycles.